The molecule has 1 amide bonds. The zero-order valence-electron chi connectivity index (χ0n) is 8.99. The highest BCUT2D eigenvalue weighted by molar-refractivity contribution is 5.83. The molecule has 0 radical (unpaired) electrons. The van der Waals surface area contributed by atoms with E-state index >= 15 is 0 Å². The summed E-state index contributed by atoms with van der Waals surface area (Å²) >= 11 is 0. The van der Waals surface area contributed by atoms with Gasteiger partial charge in [0.15, 0.2) is 11.6 Å². The van der Waals surface area contributed by atoms with Crippen LogP contribution < -0.4 is 5.32 Å². The van der Waals surface area contributed by atoms with Gasteiger partial charge < -0.3 is 10.2 Å². The van der Waals surface area contributed by atoms with Crippen LogP contribution in [-0.4, -0.2) is 35.9 Å². The van der Waals surface area contributed by atoms with Crippen LogP contribution in [0.15, 0.2) is 18.3 Å². The van der Waals surface area contributed by atoms with E-state index in [1.807, 2.05) is 0 Å². The average molecular weight is 211 g/mol. The third-order valence-corrected chi connectivity index (χ3v) is 1.92. The SMILES string of the molecule is C[C@H](Nc1ncccc1F)C(=O)N(C)C. The summed E-state index contributed by atoms with van der Waals surface area (Å²) in [7, 11) is 3.30. The Morgan fingerprint density at radius 1 is 1.60 bits per heavy atom. The first-order chi connectivity index (χ1) is 7.02. The van der Waals surface area contributed by atoms with Crippen LogP contribution in [0.3, 0.4) is 0 Å². The van der Waals surface area contributed by atoms with E-state index in [2.05, 4.69) is 10.3 Å². The smallest absolute Gasteiger partial charge is 0.244 e. The van der Waals surface area contributed by atoms with Crippen LogP contribution in [-0.2, 0) is 4.79 Å². The van der Waals surface area contributed by atoms with Gasteiger partial charge in [-0.2, -0.15) is 0 Å². The lowest BCUT2D eigenvalue weighted by molar-refractivity contribution is -0.129. The van der Waals surface area contributed by atoms with Crippen molar-refractivity contribution in [3.05, 3.63) is 24.1 Å². The van der Waals surface area contributed by atoms with Gasteiger partial charge in [0.1, 0.15) is 6.04 Å². The lowest BCUT2D eigenvalue weighted by atomic mass is 10.3. The van der Waals surface area contributed by atoms with Gasteiger partial charge in [-0.1, -0.05) is 0 Å². The predicted molar refractivity (Wildman–Crippen MR) is 56.0 cm³/mol. The van der Waals surface area contributed by atoms with Crippen LogP contribution >= 0.6 is 0 Å². The van der Waals surface area contributed by atoms with Gasteiger partial charge in [0, 0.05) is 20.3 Å². The molecule has 4 nitrogen and oxygen atoms in total. The standard InChI is InChI=1S/C10H14FN3O/c1-7(10(15)14(2)3)13-9-8(11)5-4-6-12-9/h4-7H,1-3H3,(H,12,13)/t7-/m0/s1. The van der Waals surface area contributed by atoms with E-state index in [4.69, 9.17) is 0 Å². The summed E-state index contributed by atoms with van der Waals surface area (Å²) in [4.78, 5) is 16.7. The maximum Gasteiger partial charge on any atom is 0.244 e. The Balaban J connectivity index is 2.71. The fourth-order valence-corrected chi connectivity index (χ4v) is 1.15. The number of anilines is 1. The van der Waals surface area contributed by atoms with E-state index in [1.54, 1.807) is 21.0 Å². The molecule has 1 N–H and O–H groups in total. The number of hydrogen-bond acceptors (Lipinski definition) is 3. The summed E-state index contributed by atoms with van der Waals surface area (Å²) < 4.78 is 13.2. The lowest BCUT2D eigenvalue weighted by Crippen LogP contribution is -2.37. The number of amides is 1. The first kappa shape index (κ1) is 11.4. The molecule has 1 heterocycles. The van der Waals surface area contributed by atoms with Gasteiger partial charge in [0.2, 0.25) is 5.91 Å². The van der Waals surface area contributed by atoms with E-state index in [0.29, 0.717) is 0 Å². The van der Waals surface area contributed by atoms with Crippen molar-refractivity contribution < 1.29 is 9.18 Å². The van der Waals surface area contributed by atoms with Crippen molar-refractivity contribution in [2.24, 2.45) is 0 Å². The predicted octanol–water partition coefficient (Wildman–Crippen LogP) is 1.11. The van der Waals surface area contributed by atoms with Gasteiger partial charge in [-0.15, -0.1) is 0 Å². The number of halogens is 1. The highest BCUT2D eigenvalue weighted by Crippen LogP contribution is 2.10. The van der Waals surface area contributed by atoms with Crippen molar-refractivity contribution in [3.63, 3.8) is 0 Å². The van der Waals surface area contributed by atoms with Crippen LogP contribution in [0, 0.1) is 5.82 Å². The topological polar surface area (TPSA) is 45.2 Å². The van der Waals surface area contributed by atoms with E-state index in [9.17, 15) is 9.18 Å². The molecule has 0 aliphatic rings. The highest BCUT2D eigenvalue weighted by Gasteiger charge is 2.16. The molecule has 0 saturated heterocycles. The Hall–Kier alpha value is -1.65. The van der Waals surface area contributed by atoms with Gasteiger partial charge >= 0.3 is 0 Å². The van der Waals surface area contributed by atoms with E-state index in [1.165, 1.54) is 23.2 Å². The van der Waals surface area contributed by atoms with Gasteiger partial charge in [0.25, 0.3) is 0 Å². The molecule has 1 rings (SSSR count). The number of nitrogens with zero attached hydrogens (tertiary/aromatic N) is 2. The second-order valence-electron chi connectivity index (χ2n) is 3.43. The Morgan fingerprint density at radius 2 is 2.27 bits per heavy atom. The summed E-state index contributed by atoms with van der Waals surface area (Å²) in [6.45, 7) is 1.66. The van der Waals surface area contributed by atoms with Crippen molar-refractivity contribution >= 4 is 11.7 Å². The van der Waals surface area contributed by atoms with Crippen molar-refractivity contribution in [1.29, 1.82) is 0 Å². The molecule has 1 atom stereocenters. The van der Waals surface area contributed by atoms with Crippen LogP contribution in [0.1, 0.15) is 6.92 Å². The van der Waals surface area contributed by atoms with Crippen molar-refractivity contribution in [2.75, 3.05) is 19.4 Å². The van der Waals surface area contributed by atoms with Gasteiger partial charge in [-0.05, 0) is 19.1 Å². The molecule has 15 heavy (non-hydrogen) atoms. The molecule has 0 aliphatic carbocycles. The van der Waals surface area contributed by atoms with E-state index < -0.39 is 11.9 Å². The van der Waals surface area contributed by atoms with Crippen molar-refractivity contribution in [2.45, 2.75) is 13.0 Å². The Labute approximate surface area is 88.1 Å². The normalized spacial score (nSPS) is 12.0. The molecule has 0 saturated carbocycles. The monoisotopic (exact) mass is 211 g/mol. The van der Waals surface area contributed by atoms with Gasteiger partial charge in [-0.3, -0.25) is 4.79 Å². The fourth-order valence-electron chi connectivity index (χ4n) is 1.15. The van der Waals surface area contributed by atoms with Gasteiger partial charge in [-0.25, -0.2) is 9.37 Å². The number of nitrogens with one attached hydrogen (secondary N) is 1. The summed E-state index contributed by atoms with van der Waals surface area (Å²) in [5.41, 5.74) is 0. The zero-order chi connectivity index (χ0) is 11.4. The number of carbonyl (C=O) groups is 1. The maximum atomic E-state index is 13.2. The van der Waals surface area contributed by atoms with Crippen LogP contribution in [0.2, 0.25) is 0 Å². The van der Waals surface area contributed by atoms with Crippen LogP contribution in [0.25, 0.3) is 0 Å². The molecule has 1 aromatic rings. The zero-order valence-corrected chi connectivity index (χ0v) is 8.99. The summed E-state index contributed by atoms with van der Waals surface area (Å²) in [5.74, 6) is -0.490. The first-order valence-electron chi connectivity index (χ1n) is 4.60. The molecular formula is C10H14FN3O. The minimum Gasteiger partial charge on any atom is -0.356 e. The Bertz CT molecular complexity index is 354. The van der Waals surface area contributed by atoms with Crippen molar-refractivity contribution in [1.82, 2.24) is 9.88 Å². The Kier molecular flexibility index (Phi) is 3.60. The third-order valence-electron chi connectivity index (χ3n) is 1.92. The number of likely N-dealkylation sites (N-methyl/N-ethyl adjacent to an activating group) is 1. The quantitative estimate of drug-likeness (QED) is 0.814. The summed E-state index contributed by atoms with van der Waals surface area (Å²) in [6, 6.07) is 2.30. The van der Waals surface area contributed by atoms with E-state index in [-0.39, 0.29) is 11.7 Å². The summed E-state index contributed by atoms with van der Waals surface area (Å²) in [6.07, 6.45) is 1.47. The average Bonchev–Trinajstić information content (AvgIpc) is 2.20. The molecule has 0 fully saturated rings. The van der Waals surface area contributed by atoms with Crippen LogP contribution in [0.4, 0.5) is 10.2 Å². The van der Waals surface area contributed by atoms with Crippen LogP contribution in [0.5, 0.6) is 0 Å². The molecule has 0 bridgehead atoms. The number of pyridine rings is 1. The molecule has 0 unspecified atom stereocenters. The fraction of sp³-hybridized carbons (Fsp3) is 0.400. The lowest BCUT2D eigenvalue weighted by Gasteiger charge is -2.18. The van der Waals surface area contributed by atoms with Gasteiger partial charge in [0.05, 0.1) is 0 Å². The largest absolute Gasteiger partial charge is 0.356 e. The number of rotatable bonds is 3. The minimum atomic E-state index is -0.496. The molecular weight excluding hydrogens is 197 g/mol. The Morgan fingerprint density at radius 3 is 2.80 bits per heavy atom. The minimum absolute atomic E-state index is 0.0974. The second-order valence-corrected chi connectivity index (χ2v) is 3.43. The summed E-state index contributed by atoms with van der Waals surface area (Å²) in [5, 5.41) is 2.71. The molecule has 5 heteroatoms. The third kappa shape index (κ3) is 2.90. The molecule has 0 aliphatic heterocycles. The second kappa shape index (κ2) is 4.72. The highest BCUT2D eigenvalue weighted by atomic mass is 19.1. The van der Waals surface area contributed by atoms with E-state index in [0.717, 1.165) is 0 Å². The first-order valence-corrected chi connectivity index (χ1v) is 4.60. The number of aromatic nitrogens is 1. The number of hydrogen-bond donors (Lipinski definition) is 1. The molecule has 82 valence electrons. The molecule has 1 aromatic heterocycles. The number of carbonyl (C=O) groups excluding carboxylic acids is 1. The van der Waals surface area contributed by atoms with Crippen molar-refractivity contribution in [3.8, 4) is 0 Å². The maximum absolute atomic E-state index is 13.2. The molecule has 0 aromatic carbocycles. The molecule has 0 spiro atoms.